The fourth-order valence-corrected chi connectivity index (χ4v) is 2.79. The number of unbranched alkanes of at least 4 members (excludes halogenated alkanes) is 1. The third kappa shape index (κ3) is 6.29. The summed E-state index contributed by atoms with van der Waals surface area (Å²) in [6.07, 6.45) is 3.90. The molecule has 0 bridgehead atoms. The van der Waals surface area contributed by atoms with Crippen molar-refractivity contribution in [1.82, 2.24) is 15.1 Å². The molecule has 0 atom stereocenters. The Morgan fingerprint density at radius 2 is 2.00 bits per heavy atom. The summed E-state index contributed by atoms with van der Waals surface area (Å²) in [7, 11) is 3.61. The molecule has 7 heteroatoms. The summed E-state index contributed by atoms with van der Waals surface area (Å²) in [4.78, 5) is 2.19. The normalized spacial score (nSPS) is 12.0. The number of nitrogens with zero attached hydrogens (tertiary/aromatic N) is 2. The number of H-pyrrole nitrogens is 1. The first-order valence-electron chi connectivity index (χ1n) is 9.21. The van der Waals surface area contributed by atoms with E-state index in [1.165, 1.54) is 12.1 Å². The van der Waals surface area contributed by atoms with Crippen molar-refractivity contribution >= 4 is 0 Å². The molecule has 0 amide bonds. The van der Waals surface area contributed by atoms with Gasteiger partial charge in [0.05, 0.1) is 18.5 Å². The van der Waals surface area contributed by atoms with Gasteiger partial charge in [-0.25, -0.2) is 8.78 Å². The lowest BCUT2D eigenvalue weighted by Crippen LogP contribution is -2.19. The first-order chi connectivity index (χ1) is 12.8. The second-order valence-electron chi connectivity index (χ2n) is 6.83. The number of methoxy groups -OCH3 is 1. The summed E-state index contributed by atoms with van der Waals surface area (Å²) in [5.41, 5.74) is 2.28. The Balaban J connectivity index is 2.31. The monoisotopic (exact) mass is 381 g/mol. The molecule has 0 saturated heterocycles. The maximum absolute atomic E-state index is 14.0. The van der Waals surface area contributed by atoms with Gasteiger partial charge in [0, 0.05) is 31.7 Å². The van der Waals surface area contributed by atoms with E-state index in [0.717, 1.165) is 37.6 Å². The summed E-state index contributed by atoms with van der Waals surface area (Å²) < 4.78 is 38.5. The molecule has 0 fully saturated rings. The van der Waals surface area contributed by atoms with Crippen LogP contribution in [0.4, 0.5) is 8.78 Å². The Morgan fingerprint density at radius 3 is 2.67 bits per heavy atom. The molecular formula is C20H29F2N3O2. The Hall–Kier alpha value is -1.99. The van der Waals surface area contributed by atoms with Gasteiger partial charge in [0.15, 0.2) is 0 Å². The van der Waals surface area contributed by atoms with Crippen LogP contribution in [0.3, 0.4) is 0 Å². The van der Waals surface area contributed by atoms with Crippen LogP contribution in [0, 0.1) is 0 Å². The van der Waals surface area contributed by atoms with Gasteiger partial charge in [0.2, 0.25) is 0 Å². The predicted molar refractivity (Wildman–Crippen MR) is 102 cm³/mol. The minimum atomic E-state index is -2.96. The molecule has 2 rings (SSSR count). The lowest BCUT2D eigenvalue weighted by atomic mass is 10.00. The van der Waals surface area contributed by atoms with Crippen LogP contribution in [0.25, 0.3) is 11.1 Å². The number of alkyl halides is 2. The van der Waals surface area contributed by atoms with E-state index in [9.17, 15) is 8.78 Å². The number of aromatic nitrogens is 2. The van der Waals surface area contributed by atoms with Crippen LogP contribution >= 0.6 is 0 Å². The molecule has 1 aromatic carbocycles. The predicted octanol–water partition coefficient (Wildman–Crippen LogP) is 4.45. The molecule has 150 valence electrons. The fourth-order valence-electron chi connectivity index (χ4n) is 2.79. The van der Waals surface area contributed by atoms with Gasteiger partial charge < -0.3 is 14.4 Å². The minimum Gasteiger partial charge on any atom is -0.491 e. The summed E-state index contributed by atoms with van der Waals surface area (Å²) in [6, 6.07) is 4.65. The molecule has 1 heterocycles. The summed E-state index contributed by atoms with van der Waals surface area (Å²) in [6.45, 7) is 5.36. The Kier molecular flexibility index (Phi) is 7.74. The third-order valence-electron chi connectivity index (χ3n) is 4.32. The molecule has 0 spiro atoms. The molecule has 1 aromatic heterocycles. The van der Waals surface area contributed by atoms with E-state index in [4.69, 9.17) is 9.47 Å². The molecule has 0 aliphatic heterocycles. The topological polar surface area (TPSA) is 50.4 Å². The van der Waals surface area contributed by atoms with E-state index < -0.39 is 5.92 Å². The van der Waals surface area contributed by atoms with Crippen molar-refractivity contribution in [2.75, 3.05) is 33.9 Å². The van der Waals surface area contributed by atoms with Crippen LogP contribution in [0.2, 0.25) is 0 Å². The van der Waals surface area contributed by atoms with Crippen molar-refractivity contribution in [3.05, 3.63) is 35.7 Å². The Bertz CT molecular complexity index is 713. The zero-order chi connectivity index (χ0) is 19.9. The Morgan fingerprint density at radius 1 is 1.22 bits per heavy atom. The molecule has 5 nitrogen and oxygen atoms in total. The molecule has 1 N–H and O–H groups in total. The summed E-state index contributed by atoms with van der Waals surface area (Å²) in [5, 5.41) is 7.13. The van der Waals surface area contributed by atoms with Crippen molar-refractivity contribution < 1.29 is 18.3 Å². The van der Waals surface area contributed by atoms with Crippen LogP contribution in [0.15, 0.2) is 24.4 Å². The van der Waals surface area contributed by atoms with Crippen LogP contribution in [0.1, 0.15) is 37.9 Å². The van der Waals surface area contributed by atoms with Crippen LogP contribution in [0.5, 0.6) is 5.75 Å². The van der Waals surface area contributed by atoms with Gasteiger partial charge in [0.25, 0.3) is 5.92 Å². The SMILES string of the molecule is CCCCN(C)Cc1[nH]ncc1-c1cc(OCCOC)cc(C(C)(F)F)c1. The van der Waals surface area contributed by atoms with E-state index in [2.05, 4.69) is 22.0 Å². The maximum atomic E-state index is 14.0. The van der Waals surface area contributed by atoms with Crippen molar-refractivity contribution in [3.63, 3.8) is 0 Å². The van der Waals surface area contributed by atoms with Crippen molar-refractivity contribution in [1.29, 1.82) is 0 Å². The first kappa shape index (κ1) is 21.3. The van der Waals surface area contributed by atoms with Crippen LogP contribution in [-0.2, 0) is 17.2 Å². The number of aromatic amines is 1. The molecule has 0 aliphatic rings. The van der Waals surface area contributed by atoms with Crippen molar-refractivity contribution in [3.8, 4) is 16.9 Å². The van der Waals surface area contributed by atoms with Gasteiger partial charge in [-0.15, -0.1) is 0 Å². The summed E-state index contributed by atoms with van der Waals surface area (Å²) in [5.74, 6) is -2.57. The summed E-state index contributed by atoms with van der Waals surface area (Å²) >= 11 is 0. The molecule has 0 saturated carbocycles. The highest BCUT2D eigenvalue weighted by Gasteiger charge is 2.26. The zero-order valence-corrected chi connectivity index (χ0v) is 16.5. The number of nitrogens with one attached hydrogen (secondary N) is 1. The Labute approximate surface area is 159 Å². The van der Waals surface area contributed by atoms with Crippen molar-refractivity contribution in [2.45, 2.75) is 39.2 Å². The van der Waals surface area contributed by atoms with E-state index in [0.29, 0.717) is 31.1 Å². The van der Waals surface area contributed by atoms with E-state index >= 15 is 0 Å². The van der Waals surface area contributed by atoms with Gasteiger partial charge in [0.1, 0.15) is 12.4 Å². The lowest BCUT2D eigenvalue weighted by Gasteiger charge is -2.18. The number of rotatable bonds is 11. The number of benzene rings is 1. The van der Waals surface area contributed by atoms with Gasteiger partial charge in [-0.3, -0.25) is 5.10 Å². The molecular weight excluding hydrogens is 352 g/mol. The average molecular weight is 381 g/mol. The molecule has 0 radical (unpaired) electrons. The smallest absolute Gasteiger partial charge is 0.270 e. The van der Waals surface area contributed by atoms with Crippen molar-refractivity contribution in [2.24, 2.45) is 0 Å². The lowest BCUT2D eigenvalue weighted by molar-refractivity contribution is 0.0172. The molecule has 27 heavy (non-hydrogen) atoms. The van der Waals surface area contributed by atoms with Crippen LogP contribution < -0.4 is 4.74 Å². The first-order valence-corrected chi connectivity index (χ1v) is 9.21. The standard InChI is InChI=1S/C20H29F2N3O2/c1-5-6-7-25(3)14-19-18(13-23-24-19)15-10-16(20(2,21)22)12-17(11-15)27-9-8-26-4/h10-13H,5-9,14H2,1-4H3,(H,23,24). The van der Waals surface area contributed by atoms with E-state index in [1.807, 2.05) is 7.05 Å². The molecule has 0 unspecified atom stereocenters. The second kappa shape index (κ2) is 9.80. The minimum absolute atomic E-state index is 0.0843. The van der Waals surface area contributed by atoms with Gasteiger partial charge in [-0.2, -0.15) is 5.10 Å². The highest BCUT2D eigenvalue weighted by atomic mass is 19.3. The zero-order valence-electron chi connectivity index (χ0n) is 16.5. The number of halogens is 2. The number of ether oxygens (including phenoxy) is 2. The quantitative estimate of drug-likeness (QED) is 0.585. The fraction of sp³-hybridized carbons (Fsp3) is 0.550. The maximum Gasteiger partial charge on any atom is 0.270 e. The largest absolute Gasteiger partial charge is 0.491 e. The van der Waals surface area contributed by atoms with E-state index in [-0.39, 0.29) is 5.56 Å². The highest BCUT2D eigenvalue weighted by Crippen LogP contribution is 2.35. The number of hydrogen-bond acceptors (Lipinski definition) is 4. The van der Waals surface area contributed by atoms with Crippen LogP contribution in [-0.4, -0.2) is 49.0 Å². The molecule has 0 aliphatic carbocycles. The molecule has 2 aromatic rings. The average Bonchev–Trinajstić information content (AvgIpc) is 3.07. The number of hydrogen-bond donors (Lipinski definition) is 1. The van der Waals surface area contributed by atoms with Gasteiger partial charge >= 0.3 is 0 Å². The van der Waals surface area contributed by atoms with Gasteiger partial charge in [-0.1, -0.05) is 13.3 Å². The van der Waals surface area contributed by atoms with E-state index in [1.54, 1.807) is 19.4 Å². The van der Waals surface area contributed by atoms with Gasteiger partial charge in [-0.05, 0) is 43.8 Å². The second-order valence-corrected chi connectivity index (χ2v) is 6.83. The highest BCUT2D eigenvalue weighted by molar-refractivity contribution is 5.68. The third-order valence-corrected chi connectivity index (χ3v) is 4.32.